The molecule has 0 aliphatic heterocycles. The first-order valence-electron chi connectivity index (χ1n) is 7.19. The monoisotopic (exact) mass is 256 g/mol. The van der Waals surface area contributed by atoms with E-state index in [-0.39, 0.29) is 12.6 Å². The molecule has 1 saturated carbocycles. The molecule has 0 aromatic carbocycles. The van der Waals surface area contributed by atoms with Gasteiger partial charge in [-0.1, -0.05) is 27.2 Å². The summed E-state index contributed by atoms with van der Waals surface area (Å²) in [7, 11) is 0. The Morgan fingerprint density at radius 3 is 2.72 bits per heavy atom. The van der Waals surface area contributed by atoms with E-state index in [0.717, 1.165) is 6.42 Å². The van der Waals surface area contributed by atoms with E-state index in [1.165, 1.54) is 12.8 Å². The average molecular weight is 256 g/mol. The third-order valence-electron chi connectivity index (χ3n) is 3.96. The normalized spacial score (nSPS) is 28.2. The molecule has 0 unspecified atom stereocenters. The van der Waals surface area contributed by atoms with Crippen LogP contribution in [0.3, 0.4) is 0 Å². The maximum atomic E-state index is 11.8. The Morgan fingerprint density at radius 1 is 1.39 bits per heavy atom. The van der Waals surface area contributed by atoms with E-state index >= 15 is 0 Å². The Balaban J connectivity index is 2.42. The average Bonchev–Trinajstić information content (AvgIpc) is 2.29. The largest absolute Gasteiger partial charge is 0.396 e. The van der Waals surface area contributed by atoms with E-state index in [1.807, 2.05) is 0 Å². The number of carbonyl (C=O) groups is 1. The van der Waals surface area contributed by atoms with Gasteiger partial charge in [-0.2, -0.15) is 0 Å². The van der Waals surface area contributed by atoms with Gasteiger partial charge in [-0.15, -0.1) is 0 Å². The summed E-state index contributed by atoms with van der Waals surface area (Å²) in [6.45, 7) is 7.39. The molecule has 18 heavy (non-hydrogen) atoms. The van der Waals surface area contributed by atoms with E-state index in [4.69, 9.17) is 5.11 Å². The lowest BCUT2D eigenvalue weighted by molar-refractivity contribution is 0.168. The minimum absolute atomic E-state index is 0.0896. The summed E-state index contributed by atoms with van der Waals surface area (Å²) < 4.78 is 0. The number of hydrogen-bond acceptors (Lipinski definition) is 2. The van der Waals surface area contributed by atoms with Crippen molar-refractivity contribution in [1.29, 1.82) is 0 Å². The maximum absolute atomic E-state index is 11.8. The van der Waals surface area contributed by atoms with E-state index in [1.54, 1.807) is 0 Å². The molecule has 3 atom stereocenters. The Hall–Kier alpha value is -0.770. The van der Waals surface area contributed by atoms with Crippen molar-refractivity contribution < 1.29 is 9.90 Å². The summed E-state index contributed by atoms with van der Waals surface area (Å²) in [5.41, 5.74) is 0. The van der Waals surface area contributed by atoms with Crippen LogP contribution in [-0.4, -0.2) is 30.3 Å². The van der Waals surface area contributed by atoms with Gasteiger partial charge in [0, 0.05) is 19.2 Å². The van der Waals surface area contributed by atoms with Crippen molar-refractivity contribution in [3.63, 3.8) is 0 Å². The van der Waals surface area contributed by atoms with Gasteiger partial charge in [-0.3, -0.25) is 0 Å². The SMILES string of the molecule is CC(C)[C@@H]1CC[C@@H](C)C[C@@H]1NC(=O)NCCCO. The van der Waals surface area contributed by atoms with Crippen LogP contribution in [0.25, 0.3) is 0 Å². The van der Waals surface area contributed by atoms with Crippen LogP contribution >= 0.6 is 0 Å². The summed E-state index contributed by atoms with van der Waals surface area (Å²) in [5, 5.41) is 14.6. The highest BCUT2D eigenvalue weighted by Crippen LogP contribution is 2.33. The van der Waals surface area contributed by atoms with Crippen molar-refractivity contribution in [1.82, 2.24) is 10.6 Å². The number of amides is 2. The van der Waals surface area contributed by atoms with Crippen LogP contribution in [0.4, 0.5) is 4.79 Å². The molecule has 3 N–H and O–H groups in total. The van der Waals surface area contributed by atoms with Crippen LogP contribution in [0.15, 0.2) is 0 Å². The predicted molar refractivity (Wildman–Crippen MR) is 73.4 cm³/mol. The Bertz CT molecular complexity index is 256. The van der Waals surface area contributed by atoms with Gasteiger partial charge in [-0.25, -0.2) is 4.79 Å². The van der Waals surface area contributed by atoms with Crippen LogP contribution in [-0.2, 0) is 0 Å². The minimum atomic E-state index is -0.0896. The molecule has 1 aliphatic rings. The lowest BCUT2D eigenvalue weighted by Gasteiger charge is -2.37. The lowest BCUT2D eigenvalue weighted by atomic mass is 9.74. The smallest absolute Gasteiger partial charge is 0.315 e. The predicted octanol–water partition coefficient (Wildman–Crippen LogP) is 2.13. The molecular weight excluding hydrogens is 228 g/mol. The third kappa shape index (κ3) is 4.84. The van der Waals surface area contributed by atoms with Crippen molar-refractivity contribution in [2.45, 2.75) is 52.5 Å². The van der Waals surface area contributed by atoms with Gasteiger partial charge in [0.25, 0.3) is 0 Å². The summed E-state index contributed by atoms with van der Waals surface area (Å²) in [5.74, 6) is 1.90. The Labute approximate surface area is 111 Å². The molecule has 0 heterocycles. The van der Waals surface area contributed by atoms with Gasteiger partial charge in [-0.05, 0) is 37.0 Å². The van der Waals surface area contributed by atoms with Crippen molar-refractivity contribution in [3.8, 4) is 0 Å². The molecule has 1 rings (SSSR count). The van der Waals surface area contributed by atoms with E-state index in [2.05, 4.69) is 31.4 Å². The molecule has 0 radical (unpaired) electrons. The second-order valence-electron chi connectivity index (χ2n) is 5.91. The second kappa shape index (κ2) is 7.62. The summed E-state index contributed by atoms with van der Waals surface area (Å²) in [6, 6.07) is 0.205. The summed E-state index contributed by atoms with van der Waals surface area (Å²) in [6.07, 6.45) is 4.17. The topological polar surface area (TPSA) is 61.4 Å². The summed E-state index contributed by atoms with van der Waals surface area (Å²) >= 11 is 0. The highest BCUT2D eigenvalue weighted by molar-refractivity contribution is 5.74. The number of nitrogens with one attached hydrogen (secondary N) is 2. The first kappa shape index (κ1) is 15.3. The fourth-order valence-electron chi connectivity index (χ4n) is 2.87. The lowest BCUT2D eigenvalue weighted by Crippen LogP contribution is -2.49. The van der Waals surface area contributed by atoms with Gasteiger partial charge in [0.15, 0.2) is 0 Å². The molecule has 106 valence electrons. The van der Waals surface area contributed by atoms with Crippen LogP contribution in [0, 0.1) is 17.8 Å². The zero-order chi connectivity index (χ0) is 13.5. The standard InChI is InChI=1S/C14H28N2O2/c1-10(2)12-6-5-11(3)9-13(12)16-14(18)15-7-4-8-17/h10-13,17H,4-9H2,1-3H3,(H2,15,16,18)/t11-,12+,13+/m1/s1. The Kier molecular flexibility index (Phi) is 6.47. The van der Waals surface area contributed by atoms with Gasteiger partial charge >= 0.3 is 6.03 Å². The molecule has 1 fully saturated rings. The van der Waals surface area contributed by atoms with E-state index in [0.29, 0.717) is 36.8 Å². The number of aliphatic hydroxyl groups is 1. The number of urea groups is 1. The quantitative estimate of drug-likeness (QED) is 0.660. The second-order valence-corrected chi connectivity index (χ2v) is 5.91. The molecule has 0 saturated heterocycles. The molecule has 0 bridgehead atoms. The highest BCUT2D eigenvalue weighted by Gasteiger charge is 2.31. The first-order valence-corrected chi connectivity index (χ1v) is 7.19. The number of aliphatic hydroxyl groups excluding tert-OH is 1. The maximum Gasteiger partial charge on any atom is 0.315 e. The molecule has 1 aliphatic carbocycles. The van der Waals surface area contributed by atoms with Gasteiger partial charge < -0.3 is 15.7 Å². The van der Waals surface area contributed by atoms with E-state index in [9.17, 15) is 4.79 Å². The fourth-order valence-corrected chi connectivity index (χ4v) is 2.87. The van der Waals surface area contributed by atoms with Gasteiger partial charge in [0.05, 0.1) is 0 Å². The van der Waals surface area contributed by atoms with Gasteiger partial charge in [0.1, 0.15) is 0 Å². The zero-order valence-corrected chi connectivity index (χ0v) is 11.9. The van der Waals surface area contributed by atoms with Crippen LogP contribution in [0.1, 0.15) is 46.5 Å². The molecule has 0 aromatic rings. The molecule has 0 spiro atoms. The number of hydrogen-bond donors (Lipinski definition) is 3. The molecule has 4 nitrogen and oxygen atoms in total. The molecular formula is C14H28N2O2. The van der Waals surface area contributed by atoms with Crippen molar-refractivity contribution in [3.05, 3.63) is 0 Å². The third-order valence-corrected chi connectivity index (χ3v) is 3.96. The van der Waals surface area contributed by atoms with Crippen molar-refractivity contribution in [2.75, 3.05) is 13.2 Å². The van der Waals surface area contributed by atoms with Crippen LogP contribution in [0.2, 0.25) is 0 Å². The zero-order valence-electron chi connectivity index (χ0n) is 11.9. The first-order chi connectivity index (χ1) is 8.54. The van der Waals surface area contributed by atoms with Crippen LogP contribution in [0.5, 0.6) is 0 Å². The van der Waals surface area contributed by atoms with E-state index < -0.39 is 0 Å². The fraction of sp³-hybridized carbons (Fsp3) is 0.929. The summed E-state index contributed by atoms with van der Waals surface area (Å²) in [4.78, 5) is 11.8. The molecule has 2 amide bonds. The highest BCUT2D eigenvalue weighted by atomic mass is 16.3. The number of carbonyl (C=O) groups excluding carboxylic acids is 1. The van der Waals surface area contributed by atoms with Gasteiger partial charge in [0.2, 0.25) is 0 Å². The van der Waals surface area contributed by atoms with Crippen molar-refractivity contribution >= 4 is 6.03 Å². The molecule has 4 heteroatoms. The van der Waals surface area contributed by atoms with Crippen molar-refractivity contribution in [2.24, 2.45) is 17.8 Å². The number of rotatable bonds is 5. The molecule has 0 aromatic heterocycles. The Morgan fingerprint density at radius 2 is 2.11 bits per heavy atom. The minimum Gasteiger partial charge on any atom is -0.396 e. The van der Waals surface area contributed by atoms with Crippen LogP contribution < -0.4 is 10.6 Å².